The van der Waals surface area contributed by atoms with Crippen molar-refractivity contribution >= 4 is 17.4 Å². The second-order valence-electron chi connectivity index (χ2n) is 8.07. The zero-order chi connectivity index (χ0) is 24.1. The maximum absolute atomic E-state index is 13.4. The van der Waals surface area contributed by atoms with Crippen LogP contribution in [-0.4, -0.2) is 44.4 Å². The molecule has 1 atom stereocenters. The molecule has 0 spiro atoms. The number of carbonyl (C=O) groups is 2. The summed E-state index contributed by atoms with van der Waals surface area (Å²) in [6.07, 6.45) is 6.62. The summed E-state index contributed by atoms with van der Waals surface area (Å²) in [5, 5.41) is 11.0. The fourth-order valence-corrected chi connectivity index (χ4v) is 4.06. The Bertz CT molecular complexity index is 1190. The monoisotopic (exact) mass is 463 g/mol. The van der Waals surface area contributed by atoms with Crippen molar-refractivity contribution in [2.24, 2.45) is 0 Å². The molecule has 176 valence electrons. The number of aliphatic hydroxyl groups is 1. The molecule has 2 heterocycles. The smallest absolute Gasteiger partial charge is 0.295 e. The first-order valence-electron chi connectivity index (χ1n) is 11.2. The second kappa shape index (κ2) is 10.3. The molecule has 1 saturated heterocycles. The number of halogens is 1. The van der Waals surface area contributed by atoms with Crippen LogP contribution in [0.25, 0.3) is 5.76 Å². The van der Waals surface area contributed by atoms with Crippen LogP contribution in [0.3, 0.4) is 0 Å². The second-order valence-corrected chi connectivity index (χ2v) is 8.07. The SMILES string of the molecule is CCCOc1cccc([C@H]2/C(=C(\O)c3ccc(F)cc3)C(=O)C(=O)N2CCCn2ccnc2)c1. The summed E-state index contributed by atoms with van der Waals surface area (Å²) in [5.41, 5.74) is 0.896. The molecule has 8 heteroatoms. The van der Waals surface area contributed by atoms with Gasteiger partial charge in [0.05, 0.1) is 24.5 Å². The minimum absolute atomic E-state index is 0.0214. The highest BCUT2D eigenvalue weighted by molar-refractivity contribution is 6.46. The number of aliphatic hydroxyl groups excluding tert-OH is 1. The van der Waals surface area contributed by atoms with E-state index in [1.807, 2.05) is 23.8 Å². The molecule has 3 aromatic rings. The highest BCUT2D eigenvalue weighted by Gasteiger charge is 2.45. The van der Waals surface area contributed by atoms with Gasteiger partial charge in [0, 0.05) is 31.0 Å². The summed E-state index contributed by atoms with van der Waals surface area (Å²) in [6, 6.07) is 11.6. The van der Waals surface area contributed by atoms with Crippen LogP contribution in [0.2, 0.25) is 0 Å². The standard InChI is InChI=1S/C26H26FN3O4/c1-2-15-34-21-6-3-5-19(16-21)23-22(24(31)18-7-9-20(27)10-8-18)25(32)26(33)30(23)13-4-12-29-14-11-28-17-29/h3,5-11,14,16-17,23,31H,2,4,12-13,15H2,1H3/b24-22+/t23-/m0/s1. The molecule has 1 N–H and O–H groups in total. The van der Waals surface area contributed by atoms with Crippen LogP contribution in [0.15, 0.2) is 72.8 Å². The van der Waals surface area contributed by atoms with E-state index in [1.165, 1.54) is 29.2 Å². The third kappa shape index (κ3) is 4.85. The van der Waals surface area contributed by atoms with Gasteiger partial charge in [0.2, 0.25) is 0 Å². The van der Waals surface area contributed by atoms with Crippen LogP contribution in [-0.2, 0) is 16.1 Å². The van der Waals surface area contributed by atoms with E-state index in [9.17, 15) is 19.1 Å². The van der Waals surface area contributed by atoms with Gasteiger partial charge >= 0.3 is 0 Å². The van der Waals surface area contributed by atoms with E-state index >= 15 is 0 Å². The first kappa shape index (κ1) is 23.2. The Hall–Kier alpha value is -3.94. The van der Waals surface area contributed by atoms with Gasteiger partial charge in [-0.25, -0.2) is 9.37 Å². The van der Waals surface area contributed by atoms with Crippen LogP contribution < -0.4 is 4.74 Å². The van der Waals surface area contributed by atoms with Gasteiger partial charge in [-0.15, -0.1) is 0 Å². The van der Waals surface area contributed by atoms with Gasteiger partial charge in [-0.3, -0.25) is 9.59 Å². The average Bonchev–Trinajstić information content (AvgIpc) is 3.45. The van der Waals surface area contributed by atoms with Crippen LogP contribution in [0.4, 0.5) is 4.39 Å². The van der Waals surface area contributed by atoms with E-state index < -0.39 is 23.5 Å². The Morgan fingerprint density at radius 2 is 1.94 bits per heavy atom. The van der Waals surface area contributed by atoms with Gasteiger partial charge in [-0.1, -0.05) is 19.1 Å². The van der Waals surface area contributed by atoms with Gasteiger partial charge < -0.3 is 19.3 Å². The van der Waals surface area contributed by atoms with E-state index in [0.717, 1.165) is 6.42 Å². The lowest BCUT2D eigenvalue weighted by atomic mass is 9.95. The first-order chi connectivity index (χ1) is 16.5. The number of Topliss-reactive ketones (excluding diaryl/α,β-unsaturated/α-hetero) is 1. The van der Waals surface area contributed by atoms with E-state index in [0.29, 0.717) is 37.4 Å². The molecule has 0 bridgehead atoms. The fraction of sp³-hybridized carbons (Fsp3) is 0.269. The molecule has 0 aliphatic carbocycles. The molecule has 1 aliphatic heterocycles. The zero-order valence-corrected chi connectivity index (χ0v) is 18.9. The molecule has 1 fully saturated rings. The van der Waals surface area contributed by atoms with Crippen molar-refractivity contribution < 1.29 is 23.8 Å². The number of aromatic nitrogens is 2. The number of hydrogen-bond donors (Lipinski definition) is 1. The minimum Gasteiger partial charge on any atom is -0.507 e. The molecule has 34 heavy (non-hydrogen) atoms. The molecule has 1 amide bonds. The number of aryl methyl sites for hydroxylation is 1. The van der Waals surface area contributed by atoms with Gasteiger partial charge in [0.15, 0.2) is 0 Å². The number of ketones is 1. The van der Waals surface area contributed by atoms with E-state index in [-0.39, 0.29) is 16.9 Å². The average molecular weight is 464 g/mol. The molecule has 7 nitrogen and oxygen atoms in total. The Balaban J connectivity index is 1.73. The molecule has 0 saturated carbocycles. The summed E-state index contributed by atoms with van der Waals surface area (Å²) in [7, 11) is 0. The van der Waals surface area contributed by atoms with Crippen molar-refractivity contribution in [1.82, 2.24) is 14.5 Å². The number of rotatable bonds is 9. The molecule has 1 aromatic heterocycles. The number of amides is 1. The summed E-state index contributed by atoms with van der Waals surface area (Å²) in [4.78, 5) is 31.7. The fourth-order valence-electron chi connectivity index (χ4n) is 4.06. The highest BCUT2D eigenvalue weighted by atomic mass is 19.1. The zero-order valence-electron chi connectivity index (χ0n) is 18.9. The van der Waals surface area contributed by atoms with Gasteiger partial charge in [0.1, 0.15) is 17.3 Å². The Morgan fingerprint density at radius 3 is 2.65 bits per heavy atom. The first-order valence-corrected chi connectivity index (χ1v) is 11.2. The number of nitrogens with zero attached hydrogens (tertiary/aromatic N) is 3. The molecule has 0 radical (unpaired) electrons. The third-order valence-electron chi connectivity index (χ3n) is 5.68. The van der Waals surface area contributed by atoms with Crippen LogP contribution in [0.1, 0.15) is 36.9 Å². The Morgan fingerprint density at radius 1 is 1.15 bits per heavy atom. The molecule has 1 aliphatic rings. The normalized spacial score (nSPS) is 17.4. The number of imidazole rings is 1. The number of ether oxygens (including phenoxy) is 1. The Labute approximate surface area is 197 Å². The quantitative estimate of drug-likeness (QED) is 0.290. The molecule has 2 aromatic carbocycles. The van der Waals surface area contributed by atoms with Gasteiger partial charge in [-0.2, -0.15) is 0 Å². The summed E-state index contributed by atoms with van der Waals surface area (Å²) >= 11 is 0. The van der Waals surface area contributed by atoms with E-state index in [4.69, 9.17) is 4.74 Å². The van der Waals surface area contributed by atoms with Gasteiger partial charge in [0.25, 0.3) is 11.7 Å². The van der Waals surface area contributed by atoms with Crippen LogP contribution in [0, 0.1) is 5.82 Å². The maximum atomic E-state index is 13.4. The Kier molecular flexibility index (Phi) is 7.06. The minimum atomic E-state index is -0.794. The maximum Gasteiger partial charge on any atom is 0.295 e. The number of carbonyl (C=O) groups excluding carboxylic acids is 2. The molecule has 4 rings (SSSR count). The van der Waals surface area contributed by atoms with Crippen molar-refractivity contribution in [2.45, 2.75) is 32.4 Å². The van der Waals surface area contributed by atoms with Crippen LogP contribution in [0.5, 0.6) is 5.75 Å². The predicted molar refractivity (Wildman–Crippen MR) is 124 cm³/mol. The van der Waals surface area contributed by atoms with E-state index in [2.05, 4.69) is 4.98 Å². The van der Waals surface area contributed by atoms with Crippen molar-refractivity contribution in [3.8, 4) is 5.75 Å². The summed E-state index contributed by atoms with van der Waals surface area (Å²) < 4.78 is 21.1. The lowest BCUT2D eigenvalue weighted by Crippen LogP contribution is -2.31. The van der Waals surface area contributed by atoms with Crippen LogP contribution >= 0.6 is 0 Å². The summed E-state index contributed by atoms with van der Waals surface area (Å²) in [5.74, 6) is -1.63. The lowest BCUT2D eigenvalue weighted by molar-refractivity contribution is -0.139. The summed E-state index contributed by atoms with van der Waals surface area (Å²) in [6.45, 7) is 3.45. The number of likely N-dealkylation sites (tertiary alicyclic amines) is 1. The van der Waals surface area contributed by atoms with Crippen molar-refractivity contribution in [3.63, 3.8) is 0 Å². The van der Waals surface area contributed by atoms with Gasteiger partial charge in [-0.05, 0) is 54.8 Å². The van der Waals surface area contributed by atoms with Crippen molar-refractivity contribution in [3.05, 3.63) is 89.8 Å². The number of hydrogen-bond acceptors (Lipinski definition) is 5. The topological polar surface area (TPSA) is 84.7 Å². The molecule has 0 unspecified atom stereocenters. The predicted octanol–water partition coefficient (Wildman–Crippen LogP) is 4.32. The van der Waals surface area contributed by atoms with Crippen molar-refractivity contribution in [2.75, 3.05) is 13.2 Å². The third-order valence-corrected chi connectivity index (χ3v) is 5.68. The molecular formula is C26H26FN3O4. The molecular weight excluding hydrogens is 437 g/mol. The van der Waals surface area contributed by atoms with Crippen molar-refractivity contribution in [1.29, 1.82) is 0 Å². The van der Waals surface area contributed by atoms with E-state index in [1.54, 1.807) is 30.7 Å². The number of benzene rings is 2. The largest absolute Gasteiger partial charge is 0.507 e. The lowest BCUT2D eigenvalue weighted by Gasteiger charge is -2.25. The highest BCUT2D eigenvalue weighted by Crippen LogP contribution is 2.40.